The number of carbonyl (C=O) groups excluding carboxylic acids is 1. The van der Waals surface area contributed by atoms with E-state index in [1.54, 1.807) is 4.90 Å². The Morgan fingerprint density at radius 1 is 1.55 bits per heavy atom. The predicted octanol–water partition coefficient (Wildman–Crippen LogP) is 1.03. The maximum absolute atomic E-state index is 12.4. The minimum absolute atomic E-state index is 0.00131. The molecule has 0 radical (unpaired) electrons. The molecule has 1 aromatic heterocycles. The first-order valence-electron chi connectivity index (χ1n) is 6.17. The number of sulfonamides is 1. The minimum atomic E-state index is -3.76. The number of hydrogen-bond donors (Lipinski definition) is 1. The van der Waals surface area contributed by atoms with Crippen LogP contribution in [0.2, 0.25) is 0 Å². The van der Waals surface area contributed by atoms with Gasteiger partial charge in [-0.2, -0.15) is 0 Å². The zero-order chi connectivity index (χ0) is 15.1. The summed E-state index contributed by atoms with van der Waals surface area (Å²) in [6.45, 7) is 6.71. The van der Waals surface area contributed by atoms with Crippen molar-refractivity contribution in [3.05, 3.63) is 17.0 Å². The average Bonchev–Trinajstić information content (AvgIpc) is 2.73. The molecule has 1 unspecified atom stereocenters. The number of nitrogens with two attached hydrogens (primary N) is 1. The molecule has 2 heterocycles. The van der Waals surface area contributed by atoms with Gasteiger partial charge < -0.3 is 9.64 Å². The zero-order valence-corrected chi connectivity index (χ0v) is 13.3. The number of rotatable bonds is 2. The molecule has 0 spiro atoms. The van der Waals surface area contributed by atoms with E-state index < -0.39 is 15.6 Å². The molecule has 6 nitrogen and oxygen atoms in total. The van der Waals surface area contributed by atoms with E-state index in [0.29, 0.717) is 18.7 Å². The fraction of sp³-hybridized carbons (Fsp3) is 0.583. The molecule has 2 rings (SSSR count). The Morgan fingerprint density at radius 3 is 2.70 bits per heavy atom. The van der Waals surface area contributed by atoms with Crippen molar-refractivity contribution in [1.29, 1.82) is 0 Å². The van der Waals surface area contributed by atoms with Gasteiger partial charge in [-0.15, -0.1) is 11.3 Å². The van der Waals surface area contributed by atoms with Gasteiger partial charge in [-0.1, -0.05) is 0 Å². The highest BCUT2D eigenvalue weighted by Crippen LogP contribution is 2.25. The molecule has 2 N–H and O–H groups in total. The summed E-state index contributed by atoms with van der Waals surface area (Å²) in [4.78, 5) is 14.1. The van der Waals surface area contributed by atoms with Crippen LogP contribution in [0.25, 0.3) is 0 Å². The molecule has 1 aromatic rings. The third-order valence-electron chi connectivity index (χ3n) is 2.96. The van der Waals surface area contributed by atoms with Crippen molar-refractivity contribution < 1.29 is 17.9 Å². The van der Waals surface area contributed by atoms with Crippen LogP contribution in [-0.2, 0) is 14.8 Å². The molecule has 0 saturated carbocycles. The molecule has 1 aliphatic heterocycles. The van der Waals surface area contributed by atoms with E-state index in [-0.39, 0.29) is 16.2 Å². The van der Waals surface area contributed by atoms with Gasteiger partial charge in [0.05, 0.1) is 17.3 Å². The summed E-state index contributed by atoms with van der Waals surface area (Å²) in [5.41, 5.74) is -0.0597. The van der Waals surface area contributed by atoms with Crippen molar-refractivity contribution in [2.24, 2.45) is 5.14 Å². The van der Waals surface area contributed by atoms with E-state index in [1.807, 2.05) is 20.8 Å². The Bertz CT molecular complexity index is 621. The largest absolute Gasteiger partial charge is 0.369 e. The first-order chi connectivity index (χ1) is 9.08. The third kappa shape index (κ3) is 3.38. The summed E-state index contributed by atoms with van der Waals surface area (Å²) in [7, 11) is -3.76. The van der Waals surface area contributed by atoms with Gasteiger partial charge in [0.2, 0.25) is 10.0 Å². The number of primary sulfonamides is 1. The Labute approximate surface area is 122 Å². The second kappa shape index (κ2) is 5.10. The molecule has 1 amide bonds. The lowest BCUT2D eigenvalue weighted by molar-refractivity contribution is -0.118. The van der Waals surface area contributed by atoms with Crippen LogP contribution in [0.5, 0.6) is 0 Å². The molecule has 1 saturated heterocycles. The molecule has 0 bridgehead atoms. The van der Waals surface area contributed by atoms with Crippen molar-refractivity contribution >= 4 is 27.3 Å². The SMILES string of the molecule is CC1CN(C(=O)c2csc(S(N)(=O)=O)c2)CC(C)(C)O1. The number of hydrogen-bond acceptors (Lipinski definition) is 5. The van der Waals surface area contributed by atoms with Crippen molar-refractivity contribution in [3.8, 4) is 0 Å². The summed E-state index contributed by atoms with van der Waals surface area (Å²) in [6, 6.07) is 1.33. The van der Waals surface area contributed by atoms with Crippen LogP contribution in [0, 0.1) is 0 Å². The van der Waals surface area contributed by atoms with E-state index in [2.05, 4.69) is 0 Å². The molecule has 20 heavy (non-hydrogen) atoms. The second-order valence-electron chi connectivity index (χ2n) is 5.57. The van der Waals surface area contributed by atoms with Crippen molar-refractivity contribution in [1.82, 2.24) is 4.90 Å². The predicted molar refractivity (Wildman–Crippen MR) is 76.2 cm³/mol. The van der Waals surface area contributed by atoms with Crippen LogP contribution in [0.15, 0.2) is 15.7 Å². The van der Waals surface area contributed by atoms with E-state index in [4.69, 9.17) is 9.88 Å². The molecule has 112 valence electrons. The summed E-state index contributed by atoms with van der Waals surface area (Å²) >= 11 is 0.958. The smallest absolute Gasteiger partial charge is 0.254 e. The van der Waals surface area contributed by atoms with Crippen LogP contribution in [0.1, 0.15) is 31.1 Å². The lowest BCUT2D eigenvalue weighted by Crippen LogP contribution is -2.53. The summed E-state index contributed by atoms with van der Waals surface area (Å²) in [6.07, 6.45) is -0.0564. The molecule has 0 aromatic carbocycles. The highest BCUT2D eigenvalue weighted by Gasteiger charge is 2.34. The lowest BCUT2D eigenvalue weighted by atomic mass is 10.0. The first kappa shape index (κ1) is 15.4. The van der Waals surface area contributed by atoms with Gasteiger partial charge in [0, 0.05) is 18.5 Å². The number of carbonyl (C=O) groups is 1. The molecular weight excluding hydrogens is 300 g/mol. The number of nitrogens with zero attached hydrogens (tertiary/aromatic N) is 1. The van der Waals surface area contributed by atoms with Crippen LogP contribution in [0.3, 0.4) is 0 Å². The van der Waals surface area contributed by atoms with E-state index >= 15 is 0 Å². The molecule has 1 atom stereocenters. The number of thiophene rings is 1. The first-order valence-corrected chi connectivity index (χ1v) is 8.59. The highest BCUT2D eigenvalue weighted by molar-refractivity contribution is 7.91. The fourth-order valence-electron chi connectivity index (χ4n) is 2.37. The van der Waals surface area contributed by atoms with Gasteiger partial charge in [0.1, 0.15) is 4.21 Å². The molecule has 1 aliphatic rings. The molecular formula is C12H18N2O4S2. The molecule has 0 aliphatic carbocycles. The van der Waals surface area contributed by atoms with Crippen molar-refractivity contribution in [3.63, 3.8) is 0 Å². The summed E-state index contributed by atoms with van der Waals surface area (Å²) in [5, 5.41) is 6.57. The van der Waals surface area contributed by atoms with Gasteiger partial charge in [-0.25, -0.2) is 13.6 Å². The van der Waals surface area contributed by atoms with E-state index in [9.17, 15) is 13.2 Å². The minimum Gasteiger partial charge on any atom is -0.369 e. The van der Waals surface area contributed by atoms with Crippen LogP contribution in [-0.4, -0.2) is 44.0 Å². The third-order valence-corrected chi connectivity index (χ3v) is 5.35. The van der Waals surface area contributed by atoms with Crippen LogP contribution >= 0.6 is 11.3 Å². The Morgan fingerprint density at radius 2 is 2.20 bits per heavy atom. The molecule has 8 heteroatoms. The van der Waals surface area contributed by atoms with Crippen molar-refractivity contribution in [2.45, 2.75) is 36.7 Å². The zero-order valence-electron chi connectivity index (χ0n) is 11.6. The Hall–Kier alpha value is -0.960. The summed E-state index contributed by atoms with van der Waals surface area (Å²) < 4.78 is 28.2. The van der Waals surface area contributed by atoms with Gasteiger partial charge in [-0.05, 0) is 26.8 Å². The van der Waals surface area contributed by atoms with Gasteiger partial charge in [0.15, 0.2) is 0 Å². The summed E-state index contributed by atoms with van der Waals surface area (Å²) in [5.74, 6) is -0.195. The Kier molecular flexibility index (Phi) is 3.94. The van der Waals surface area contributed by atoms with E-state index in [1.165, 1.54) is 11.4 Å². The quantitative estimate of drug-likeness (QED) is 0.882. The lowest BCUT2D eigenvalue weighted by Gasteiger charge is -2.41. The van der Waals surface area contributed by atoms with Gasteiger partial charge >= 0.3 is 0 Å². The topological polar surface area (TPSA) is 89.7 Å². The van der Waals surface area contributed by atoms with Crippen LogP contribution in [0.4, 0.5) is 0 Å². The fourth-order valence-corrected chi connectivity index (χ4v) is 3.95. The van der Waals surface area contributed by atoms with Crippen LogP contribution < -0.4 is 5.14 Å². The molecule has 1 fully saturated rings. The monoisotopic (exact) mass is 318 g/mol. The van der Waals surface area contributed by atoms with Crippen molar-refractivity contribution in [2.75, 3.05) is 13.1 Å². The highest BCUT2D eigenvalue weighted by atomic mass is 32.2. The van der Waals surface area contributed by atoms with E-state index in [0.717, 1.165) is 11.3 Å². The Balaban J connectivity index is 2.21. The number of amides is 1. The maximum Gasteiger partial charge on any atom is 0.254 e. The maximum atomic E-state index is 12.4. The normalized spacial score (nSPS) is 22.8. The van der Waals surface area contributed by atoms with Gasteiger partial charge in [0.25, 0.3) is 5.91 Å². The second-order valence-corrected chi connectivity index (χ2v) is 8.27. The average molecular weight is 318 g/mol. The standard InChI is InChI=1S/C12H18N2O4S2/c1-8-5-14(7-12(2,3)18-8)11(15)9-4-10(19-6-9)20(13,16)17/h4,6,8H,5,7H2,1-3H3,(H2,13,16,17). The van der Waals surface area contributed by atoms with Gasteiger partial charge in [-0.3, -0.25) is 4.79 Å². The number of ether oxygens (including phenoxy) is 1. The number of morpholine rings is 1.